The number of hydrogen-bond acceptors (Lipinski definition) is 4. The average molecular weight is 355 g/mol. The molecule has 1 aromatic heterocycles. The normalized spacial score (nSPS) is 10.9. The molecule has 0 fully saturated rings. The Morgan fingerprint density at radius 2 is 1.81 bits per heavy atom. The van der Waals surface area contributed by atoms with E-state index in [1.54, 1.807) is 39.4 Å². The van der Waals surface area contributed by atoms with Crippen LogP contribution in [0.15, 0.2) is 48.8 Å². The Labute approximate surface area is 154 Å². The van der Waals surface area contributed by atoms with Gasteiger partial charge in [-0.05, 0) is 43.5 Å². The number of nitrogens with zero attached hydrogens (tertiary/aromatic N) is 1. The SMILES string of the molecule is COc1ccccc1CCNC(=O)C(C)(C)C(=O)NCc1cccnc1. The van der Waals surface area contributed by atoms with Crippen molar-refractivity contribution in [2.75, 3.05) is 13.7 Å². The van der Waals surface area contributed by atoms with Gasteiger partial charge in [0, 0.05) is 25.5 Å². The Bertz CT molecular complexity index is 745. The first kappa shape index (κ1) is 19.4. The standard InChI is InChI=1S/C20H25N3O3/c1-20(2,19(25)23-14-15-7-6-11-21-13-15)18(24)22-12-10-16-8-4-5-9-17(16)26-3/h4-9,11,13H,10,12,14H2,1-3H3,(H,22,24)(H,23,25). The minimum absolute atomic E-state index is 0.309. The molecule has 2 rings (SSSR count). The van der Waals surface area contributed by atoms with Gasteiger partial charge in [-0.1, -0.05) is 24.3 Å². The first-order chi connectivity index (χ1) is 12.4. The van der Waals surface area contributed by atoms with Crippen LogP contribution in [0.5, 0.6) is 5.75 Å². The van der Waals surface area contributed by atoms with Gasteiger partial charge in [0.2, 0.25) is 11.8 Å². The van der Waals surface area contributed by atoms with Crippen molar-refractivity contribution in [2.24, 2.45) is 5.41 Å². The van der Waals surface area contributed by atoms with Crippen molar-refractivity contribution in [3.63, 3.8) is 0 Å². The second-order valence-electron chi connectivity index (χ2n) is 6.49. The number of ether oxygens (including phenoxy) is 1. The predicted octanol–water partition coefficient (Wildman–Crippen LogP) is 2.09. The maximum atomic E-state index is 12.4. The van der Waals surface area contributed by atoms with E-state index in [9.17, 15) is 9.59 Å². The lowest BCUT2D eigenvalue weighted by Crippen LogP contribution is -2.48. The molecule has 0 aliphatic carbocycles. The van der Waals surface area contributed by atoms with Crippen LogP contribution in [0.1, 0.15) is 25.0 Å². The number of nitrogens with one attached hydrogen (secondary N) is 2. The number of para-hydroxylation sites is 1. The average Bonchev–Trinajstić information content (AvgIpc) is 2.67. The fourth-order valence-electron chi connectivity index (χ4n) is 2.45. The van der Waals surface area contributed by atoms with Crippen molar-refractivity contribution >= 4 is 11.8 Å². The first-order valence-corrected chi connectivity index (χ1v) is 8.52. The zero-order valence-electron chi connectivity index (χ0n) is 15.4. The summed E-state index contributed by atoms with van der Waals surface area (Å²) in [7, 11) is 1.62. The minimum atomic E-state index is -1.16. The number of methoxy groups -OCH3 is 1. The predicted molar refractivity (Wildman–Crippen MR) is 99.6 cm³/mol. The van der Waals surface area contributed by atoms with Gasteiger partial charge in [-0.15, -0.1) is 0 Å². The van der Waals surface area contributed by atoms with Gasteiger partial charge in [-0.25, -0.2) is 0 Å². The van der Waals surface area contributed by atoms with Crippen LogP contribution in [0.3, 0.4) is 0 Å². The van der Waals surface area contributed by atoms with Crippen LogP contribution in [-0.2, 0) is 22.6 Å². The highest BCUT2D eigenvalue weighted by Crippen LogP contribution is 2.18. The van der Waals surface area contributed by atoms with Gasteiger partial charge in [0.1, 0.15) is 11.2 Å². The molecule has 0 unspecified atom stereocenters. The van der Waals surface area contributed by atoms with Crippen LogP contribution in [0, 0.1) is 5.41 Å². The monoisotopic (exact) mass is 355 g/mol. The lowest BCUT2D eigenvalue weighted by atomic mass is 9.91. The van der Waals surface area contributed by atoms with Crippen molar-refractivity contribution in [2.45, 2.75) is 26.8 Å². The molecule has 1 heterocycles. The largest absolute Gasteiger partial charge is 0.496 e. The highest BCUT2D eigenvalue weighted by molar-refractivity contribution is 6.04. The fourth-order valence-corrected chi connectivity index (χ4v) is 2.45. The second kappa shape index (κ2) is 8.99. The maximum Gasteiger partial charge on any atom is 0.235 e. The number of carbonyl (C=O) groups is 2. The Balaban J connectivity index is 1.85. The lowest BCUT2D eigenvalue weighted by molar-refractivity contribution is -0.141. The molecule has 0 spiro atoms. The lowest BCUT2D eigenvalue weighted by Gasteiger charge is -2.23. The number of aromatic nitrogens is 1. The fraction of sp³-hybridized carbons (Fsp3) is 0.350. The Hall–Kier alpha value is -2.89. The van der Waals surface area contributed by atoms with Crippen LogP contribution >= 0.6 is 0 Å². The summed E-state index contributed by atoms with van der Waals surface area (Å²) in [5.74, 6) is 0.155. The molecule has 6 nitrogen and oxygen atoms in total. The summed E-state index contributed by atoms with van der Waals surface area (Å²) in [6.45, 7) is 4.00. The smallest absolute Gasteiger partial charge is 0.235 e. The number of amides is 2. The zero-order valence-corrected chi connectivity index (χ0v) is 15.4. The molecule has 0 aliphatic heterocycles. The topological polar surface area (TPSA) is 80.3 Å². The molecule has 0 aliphatic rings. The van der Waals surface area contributed by atoms with Gasteiger partial charge in [-0.2, -0.15) is 0 Å². The van der Waals surface area contributed by atoms with Crippen molar-refractivity contribution < 1.29 is 14.3 Å². The van der Waals surface area contributed by atoms with Crippen molar-refractivity contribution in [3.8, 4) is 5.75 Å². The van der Waals surface area contributed by atoms with E-state index in [1.807, 2.05) is 30.3 Å². The van der Waals surface area contributed by atoms with E-state index in [1.165, 1.54) is 0 Å². The van der Waals surface area contributed by atoms with E-state index in [4.69, 9.17) is 4.74 Å². The van der Waals surface area contributed by atoms with E-state index >= 15 is 0 Å². The summed E-state index contributed by atoms with van der Waals surface area (Å²) >= 11 is 0. The van der Waals surface area contributed by atoms with Crippen molar-refractivity contribution in [1.29, 1.82) is 0 Å². The minimum Gasteiger partial charge on any atom is -0.496 e. The maximum absolute atomic E-state index is 12.4. The Kier molecular flexibility index (Phi) is 6.72. The van der Waals surface area contributed by atoms with Gasteiger partial charge in [0.15, 0.2) is 0 Å². The quantitative estimate of drug-likeness (QED) is 0.711. The van der Waals surface area contributed by atoms with Crippen molar-refractivity contribution in [1.82, 2.24) is 15.6 Å². The van der Waals surface area contributed by atoms with Gasteiger partial charge < -0.3 is 15.4 Å². The highest BCUT2D eigenvalue weighted by Gasteiger charge is 2.35. The molecule has 26 heavy (non-hydrogen) atoms. The number of carbonyl (C=O) groups excluding carboxylic acids is 2. The third kappa shape index (κ3) is 5.05. The van der Waals surface area contributed by atoms with Crippen LogP contribution in [0.2, 0.25) is 0 Å². The molecule has 0 saturated heterocycles. The molecule has 6 heteroatoms. The number of hydrogen-bond donors (Lipinski definition) is 2. The number of pyridine rings is 1. The van der Waals surface area contributed by atoms with Crippen LogP contribution < -0.4 is 15.4 Å². The number of benzene rings is 1. The van der Waals surface area contributed by atoms with Crippen LogP contribution in [-0.4, -0.2) is 30.5 Å². The molecule has 0 bridgehead atoms. The van der Waals surface area contributed by atoms with Gasteiger partial charge >= 0.3 is 0 Å². The summed E-state index contributed by atoms with van der Waals surface area (Å²) in [6, 6.07) is 11.3. The zero-order chi connectivity index (χ0) is 19.0. The summed E-state index contributed by atoms with van der Waals surface area (Å²) < 4.78 is 5.30. The first-order valence-electron chi connectivity index (χ1n) is 8.52. The Morgan fingerprint density at radius 1 is 1.08 bits per heavy atom. The van der Waals surface area contributed by atoms with Crippen LogP contribution in [0.25, 0.3) is 0 Å². The van der Waals surface area contributed by atoms with Crippen LogP contribution in [0.4, 0.5) is 0 Å². The molecule has 2 N–H and O–H groups in total. The third-order valence-electron chi connectivity index (χ3n) is 4.18. The van der Waals surface area contributed by atoms with E-state index in [2.05, 4.69) is 15.6 Å². The Morgan fingerprint density at radius 3 is 2.50 bits per heavy atom. The number of rotatable bonds is 8. The van der Waals surface area contributed by atoms with E-state index < -0.39 is 5.41 Å². The third-order valence-corrected chi connectivity index (χ3v) is 4.18. The summed E-state index contributed by atoms with van der Waals surface area (Å²) in [5, 5.41) is 5.62. The summed E-state index contributed by atoms with van der Waals surface area (Å²) in [6.07, 6.45) is 3.98. The van der Waals surface area contributed by atoms with E-state index in [0.29, 0.717) is 19.5 Å². The molecule has 2 aromatic rings. The molecule has 0 saturated carbocycles. The molecule has 138 valence electrons. The molecule has 0 atom stereocenters. The van der Waals surface area contributed by atoms with Gasteiger partial charge in [-0.3, -0.25) is 14.6 Å². The summed E-state index contributed by atoms with van der Waals surface area (Å²) in [5.41, 5.74) is 0.727. The summed E-state index contributed by atoms with van der Waals surface area (Å²) in [4.78, 5) is 28.9. The second-order valence-corrected chi connectivity index (χ2v) is 6.49. The molecule has 0 radical (unpaired) electrons. The van der Waals surface area contributed by atoms with Crippen molar-refractivity contribution in [3.05, 3.63) is 59.9 Å². The molecule has 2 amide bonds. The van der Waals surface area contributed by atoms with Gasteiger partial charge in [0.05, 0.1) is 7.11 Å². The van der Waals surface area contributed by atoms with E-state index in [-0.39, 0.29) is 11.8 Å². The molecule has 1 aromatic carbocycles. The van der Waals surface area contributed by atoms with Gasteiger partial charge in [0.25, 0.3) is 0 Å². The highest BCUT2D eigenvalue weighted by atomic mass is 16.5. The molecular formula is C20H25N3O3. The van der Waals surface area contributed by atoms with E-state index in [0.717, 1.165) is 16.9 Å². The molecular weight excluding hydrogens is 330 g/mol.